The highest BCUT2D eigenvalue weighted by molar-refractivity contribution is 6.06. The summed E-state index contributed by atoms with van der Waals surface area (Å²) in [5, 5.41) is 8.48. The van der Waals surface area contributed by atoms with Crippen LogP contribution in [0.4, 0.5) is 16.2 Å². The van der Waals surface area contributed by atoms with Crippen LogP contribution < -0.4 is 20.9 Å². The van der Waals surface area contributed by atoms with Crippen molar-refractivity contribution in [1.82, 2.24) is 34.8 Å². The predicted octanol–water partition coefficient (Wildman–Crippen LogP) is 6.12. The molecule has 0 bridgehead atoms. The topological polar surface area (TPSA) is 160 Å². The molecule has 3 aliphatic heterocycles. The van der Waals surface area contributed by atoms with Gasteiger partial charge in [-0.3, -0.25) is 44.0 Å². The van der Waals surface area contributed by atoms with Crippen LogP contribution in [0.15, 0.2) is 78.9 Å². The van der Waals surface area contributed by atoms with Crippen LogP contribution in [-0.2, 0) is 34.8 Å². The highest BCUT2D eigenvalue weighted by Crippen LogP contribution is 2.49. The lowest BCUT2D eigenvalue weighted by Gasteiger charge is -2.53. The first-order valence-corrected chi connectivity index (χ1v) is 23.5. The number of piperazine rings is 1. The maximum atomic E-state index is 13.5. The molecule has 348 valence electrons. The van der Waals surface area contributed by atoms with E-state index < -0.39 is 6.03 Å². The van der Waals surface area contributed by atoms with Gasteiger partial charge in [0.15, 0.2) is 0 Å². The zero-order valence-corrected chi connectivity index (χ0v) is 38.6. The van der Waals surface area contributed by atoms with Crippen molar-refractivity contribution in [2.75, 3.05) is 70.1 Å². The molecule has 3 fully saturated rings. The number of anilines is 2. The first-order valence-electron chi connectivity index (χ1n) is 23.5. The first kappa shape index (κ1) is 46.2. The number of hydrogen-bond acceptors (Lipinski definition) is 8. The quantitative estimate of drug-likeness (QED) is 0.114. The van der Waals surface area contributed by atoms with Gasteiger partial charge in [0.25, 0.3) is 17.7 Å². The van der Waals surface area contributed by atoms with E-state index in [1.54, 1.807) is 31.1 Å². The molecular weight excluding hydrogens is 835 g/mol. The highest BCUT2D eigenvalue weighted by Gasteiger charge is 2.48. The summed E-state index contributed by atoms with van der Waals surface area (Å²) in [6.07, 6.45) is 7.76. The van der Waals surface area contributed by atoms with Crippen molar-refractivity contribution in [3.8, 4) is 0 Å². The monoisotopic (exact) mass is 897 g/mol. The number of urea groups is 1. The van der Waals surface area contributed by atoms with Gasteiger partial charge in [-0.2, -0.15) is 0 Å². The van der Waals surface area contributed by atoms with Gasteiger partial charge < -0.3 is 25.0 Å². The lowest BCUT2D eigenvalue weighted by molar-refractivity contribution is -0.120. The number of nitrogens with one attached hydrogen (secondary N) is 3. The Morgan fingerprint density at radius 3 is 2.17 bits per heavy atom. The normalized spacial score (nSPS) is 17.2. The molecule has 7 amide bonds. The predicted molar refractivity (Wildman–Crippen MR) is 253 cm³/mol. The molecule has 1 spiro atoms. The third kappa shape index (κ3) is 10.4. The van der Waals surface area contributed by atoms with E-state index in [-0.39, 0.29) is 48.0 Å². The highest BCUT2D eigenvalue weighted by atomic mass is 16.2. The fourth-order valence-corrected chi connectivity index (χ4v) is 9.82. The number of aromatic nitrogens is 1. The number of benzene rings is 3. The van der Waals surface area contributed by atoms with Crippen LogP contribution in [0.1, 0.15) is 111 Å². The maximum Gasteiger partial charge on any atom is 0.328 e. The van der Waals surface area contributed by atoms with Crippen LogP contribution in [0.3, 0.4) is 0 Å². The number of carbonyl (C=O) groups excluding carboxylic acids is 6. The van der Waals surface area contributed by atoms with Crippen LogP contribution in [0.25, 0.3) is 0 Å². The fourth-order valence-electron chi connectivity index (χ4n) is 9.82. The van der Waals surface area contributed by atoms with E-state index in [4.69, 9.17) is 0 Å². The molecule has 0 radical (unpaired) electrons. The van der Waals surface area contributed by atoms with Gasteiger partial charge >= 0.3 is 6.03 Å². The molecule has 0 atom stereocenters. The van der Waals surface area contributed by atoms with Gasteiger partial charge in [-0.25, -0.2) is 4.79 Å². The smallest absolute Gasteiger partial charge is 0.328 e. The van der Waals surface area contributed by atoms with E-state index in [9.17, 15) is 28.8 Å². The third-order valence-electron chi connectivity index (χ3n) is 13.8. The number of imide groups is 1. The van der Waals surface area contributed by atoms with Gasteiger partial charge in [-0.15, -0.1) is 0 Å². The summed E-state index contributed by atoms with van der Waals surface area (Å²) < 4.78 is 2.20. The van der Waals surface area contributed by atoms with Crippen molar-refractivity contribution in [1.29, 1.82) is 0 Å². The number of amides is 7. The van der Waals surface area contributed by atoms with E-state index in [2.05, 4.69) is 48.5 Å². The van der Waals surface area contributed by atoms with Crippen LogP contribution in [0, 0.1) is 6.92 Å². The van der Waals surface area contributed by atoms with Gasteiger partial charge in [0.05, 0.1) is 5.54 Å². The first-order chi connectivity index (χ1) is 31.9. The van der Waals surface area contributed by atoms with E-state index >= 15 is 0 Å². The van der Waals surface area contributed by atoms with E-state index in [1.807, 2.05) is 60.4 Å². The Balaban J connectivity index is 0.711. The SMILES string of the molecule is Cc1ccc(C(=O)N2CCN(CCCCCCC(=O)Nc3ccc(CNC(=O)c4ccc5n4CCN(Cc4ccc(C(=O)N(C)C)cc4)C54CCC4)cc3)CC2)cc1N1CCC(=O)NC1=O. The second-order valence-corrected chi connectivity index (χ2v) is 18.4. The zero-order valence-electron chi connectivity index (χ0n) is 38.6. The van der Waals surface area contributed by atoms with Crippen molar-refractivity contribution in [3.05, 3.63) is 118 Å². The van der Waals surface area contributed by atoms with E-state index in [0.29, 0.717) is 48.6 Å². The standard InChI is InChI=1S/C51H63N9O6/c1-36-10-15-40(33-43(36)60-26-22-46(62)54-50(60)66)49(65)57-29-27-56(28-30-57)25-7-5-4-6-9-45(61)53-41-18-13-37(14-19-41)34-52-47(63)42-20-21-44-51(23-8-24-51)58(31-32-59(42)44)35-38-11-16-39(17-12-38)48(64)55(2)3/h10-21,33H,4-9,22-32,34-35H2,1-3H3,(H,52,63)(H,53,61)(H,54,62,66). The summed E-state index contributed by atoms with van der Waals surface area (Å²) >= 11 is 0. The van der Waals surface area contributed by atoms with Gasteiger partial charge in [-0.05, 0) is 111 Å². The number of rotatable bonds is 16. The van der Waals surface area contributed by atoms with E-state index in [0.717, 1.165) is 101 Å². The summed E-state index contributed by atoms with van der Waals surface area (Å²) in [5.74, 6) is -0.457. The lowest BCUT2D eigenvalue weighted by Crippen LogP contribution is -2.56. The maximum absolute atomic E-state index is 13.5. The van der Waals surface area contributed by atoms with Crippen molar-refractivity contribution < 1.29 is 28.8 Å². The molecule has 2 saturated heterocycles. The summed E-state index contributed by atoms with van der Waals surface area (Å²) in [6.45, 7) is 8.74. The van der Waals surface area contributed by atoms with Crippen molar-refractivity contribution in [3.63, 3.8) is 0 Å². The number of hydrogen-bond donors (Lipinski definition) is 3. The molecule has 15 nitrogen and oxygen atoms in total. The minimum atomic E-state index is -0.460. The largest absolute Gasteiger partial charge is 0.347 e. The van der Waals surface area contributed by atoms with Crippen LogP contribution in [0.5, 0.6) is 0 Å². The second kappa shape index (κ2) is 20.5. The molecule has 4 heterocycles. The van der Waals surface area contributed by atoms with E-state index in [1.165, 1.54) is 16.2 Å². The minimum absolute atomic E-state index is 0.00197. The average molecular weight is 898 g/mol. The Bertz CT molecular complexity index is 2430. The minimum Gasteiger partial charge on any atom is -0.347 e. The van der Waals surface area contributed by atoms with Gasteiger partial charge in [0.1, 0.15) is 5.69 Å². The molecule has 4 aromatic rings. The molecule has 1 saturated carbocycles. The van der Waals surface area contributed by atoms with Gasteiger partial charge in [0, 0.05) is 114 Å². The summed E-state index contributed by atoms with van der Waals surface area (Å²) in [4.78, 5) is 86.0. The molecule has 0 unspecified atom stereocenters. The second-order valence-electron chi connectivity index (χ2n) is 18.4. The number of unbranched alkanes of at least 4 members (excludes halogenated alkanes) is 3. The Morgan fingerprint density at radius 2 is 1.47 bits per heavy atom. The molecule has 4 aliphatic rings. The Kier molecular flexibility index (Phi) is 14.3. The number of fused-ring (bicyclic) bond motifs is 2. The number of carbonyl (C=O) groups is 6. The zero-order chi connectivity index (χ0) is 46.4. The molecule has 1 aliphatic carbocycles. The van der Waals surface area contributed by atoms with Crippen LogP contribution in [0.2, 0.25) is 0 Å². The molecule has 15 heteroatoms. The van der Waals surface area contributed by atoms with Gasteiger partial charge in [0.2, 0.25) is 11.8 Å². The molecule has 1 aromatic heterocycles. The number of aryl methyl sites for hydroxylation is 1. The summed E-state index contributed by atoms with van der Waals surface area (Å²) in [5.41, 5.74) is 7.39. The molecular formula is C51H63N9O6. The number of nitrogens with zero attached hydrogens (tertiary/aromatic N) is 6. The van der Waals surface area contributed by atoms with Crippen LogP contribution >= 0.6 is 0 Å². The van der Waals surface area contributed by atoms with Crippen molar-refractivity contribution >= 4 is 46.9 Å². The Morgan fingerprint density at radius 1 is 0.758 bits per heavy atom. The molecule has 3 aromatic carbocycles. The summed E-state index contributed by atoms with van der Waals surface area (Å²) in [6, 6.07) is 24.6. The molecule has 8 rings (SSSR count). The molecule has 3 N–H and O–H groups in total. The Labute approximate surface area is 387 Å². The Hall–Kier alpha value is -6.32. The van der Waals surface area contributed by atoms with Crippen LogP contribution in [-0.4, -0.2) is 120 Å². The summed E-state index contributed by atoms with van der Waals surface area (Å²) in [7, 11) is 3.53. The van der Waals surface area contributed by atoms with Gasteiger partial charge in [-0.1, -0.05) is 43.2 Å². The van der Waals surface area contributed by atoms with Crippen molar-refractivity contribution in [2.24, 2.45) is 0 Å². The fraction of sp³-hybridized carbons (Fsp3) is 0.451. The molecule has 66 heavy (non-hydrogen) atoms. The average Bonchev–Trinajstić information content (AvgIpc) is 3.74. The third-order valence-corrected chi connectivity index (χ3v) is 13.8. The lowest BCUT2D eigenvalue weighted by atomic mass is 9.71. The van der Waals surface area contributed by atoms with Crippen molar-refractivity contribution in [2.45, 2.75) is 89.9 Å².